The first-order valence-corrected chi connectivity index (χ1v) is 20.9. The molecule has 0 saturated carbocycles. The van der Waals surface area contributed by atoms with Crippen molar-refractivity contribution in [3.63, 3.8) is 0 Å². The quantitative estimate of drug-likeness (QED) is 0.0612. The summed E-state index contributed by atoms with van der Waals surface area (Å²) in [5.41, 5.74) is 3.35. The molecule has 0 rings (SSSR count). The Morgan fingerprint density at radius 3 is 0.838 bits per heavy atom. The molecule has 0 spiro atoms. The lowest BCUT2D eigenvalue weighted by molar-refractivity contribution is 0.509. The molecule has 1 heteroatoms. The maximum Gasteiger partial charge on any atom is 0.0740 e. The molecular weight excluding hydrogens is 460 g/mol. The summed E-state index contributed by atoms with van der Waals surface area (Å²) in [5.74, 6) is 0. The molecule has 0 aromatic rings. The molecule has 0 radical (unpaired) electrons. The number of unbranched alkanes of at least 4 members (excludes halogenated alkanes) is 25. The van der Waals surface area contributed by atoms with Crippen LogP contribution in [0.5, 0.6) is 0 Å². The Morgan fingerprint density at radius 2 is 0.622 bits per heavy atom. The molecule has 0 bridgehead atoms. The van der Waals surface area contributed by atoms with E-state index in [1.807, 2.05) is 0 Å². The third-order valence-corrected chi connectivity index (χ3v) is 12.9. The summed E-state index contributed by atoms with van der Waals surface area (Å²) in [6.45, 7) is 14.0. The van der Waals surface area contributed by atoms with Crippen LogP contribution >= 0.6 is 0 Å². The van der Waals surface area contributed by atoms with Crippen LogP contribution in [0.2, 0.25) is 18.6 Å². The van der Waals surface area contributed by atoms with Crippen LogP contribution in [-0.4, -0.2) is 8.07 Å². The summed E-state index contributed by atoms with van der Waals surface area (Å²) >= 11 is 0. The Hall–Kier alpha value is -0.0431. The molecule has 0 aromatic heterocycles. The molecule has 222 valence electrons. The second-order valence-corrected chi connectivity index (χ2v) is 18.0. The molecule has 0 fully saturated rings. The van der Waals surface area contributed by atoms with Gasteiger partial charge in [0.2, 0.25) is 0 Å². The molecule has 0 heterocycles. The SMILES string of the molecule is C=C[Si](C)(C)C(CCCCCCCCCCCCC)CCCCCCCCCCCCCCCCCC. The normalized spacial score (nSPS) is 12.8. The fourth-order valence-corrected chi connectivity index (χ4v) is 8.28. The Labute approximate surface area is 238 Å². The van der Waals surface area contributed by atoms with E-state index in [2.05, 4.69) is 39.2 Å². The zero-order valence-corrected chi connectivity index (χ0v) is 27.9. The summed E-state index contributed by atoms with van der Waals surface area (Å²) < 4.78 is 0. The van der Waals surface area contributed by atoms with Crippen molar-refractivity contribution in [3.05, 3.63) is 12.3 Å². The maximum atomic E-state index is 4.24. The van der Waals surface area contributed by atoms with Crippen LogP contribution in [0.4, 0.5) is 0 Å². The Bertz CT molecular complexity index is 440. The predicted molar refractivity (Wildman–Crippen MR) is 177 cm³/mol. The van der Waals surface area contributed by atoms with Crippen molar-refractivity contribution in [1.29, 1.82) is 0 Å². The fraction of sp³-hybridized carbons (Fsp3) is 0.944. The van der Waals surface area contributed by atoms with E-state index in [0.717, 1.165) is 5.54 Å². The van der Waals surface area contributed by atoms with Gasteiger partial charge < -0.3 is 0 Å². The summed E-state index contributed by atoms with van der Waals surface area (Å²) in [4.78, 5) is 0. The lowest BCUT2D eigenvalue weighted by Crippen LogP contribution is -2.30. The Morgan fingerprint density at radius 1 is 0.405 bits per heavy atom. The monoisotopic (exact) mass is 535 g/mol. The average molecular weight is 535 g/mol. The average Bonchev–Trinajstić information content (AvgIpc) is 2.90. The van der Waals surface area contributed by atoms with Crippen molar-refractivity contribution < 1.29 is 0 Å². The second-order valence-electron chi connectivity index (χ2n) is 13.1. The van der Waals surface area contributed by atoms with Crippen molar-refractivity contribution in [2.45, 2.75) is 219 Å². The Kier molecular flexibility index (Phi) is 28.9. The highest BCUT2D eigenvalue weighted by Crippen LogP contribution is 2.34. The molecule has 0 aliphatic heterocycles. The zero-order chi connectivity index (χ0) is 27.3. The molecule has 37 heavy (non-hydrogen) atoms. The van der Waals surface area contributed by atoms with Gasteiger partial charge >= 0.3 is 0 Å². The van der Waals surface area contributed by atoms with Gasteiger partial charge in [-0.2, -0.15) is 0 Å². The number of hydrogen-bond acceptors (Lipinski definition) is 0. The van der Waals surface area contributed by atoms with Gasteiger partial charge in [0.25, 0.3) is 0 Å². The molecule has 1 atom stereocenters. The first-order valence-electron chi connectivity index (χ1n) is 17.7. The molecule has 0 saturated heterocycles. The molecule has 0 aliphatic rings. The van der Waals surface area contributed by atoms with Crippen LogP contribution in [-0.2, 0) is 0 Å². The van der Waals surface area contributed by atoms with E-state index >= 15 is 0 Å². The van der Waals surface area contributed by atoms with Gasteiger partial charge in [-0.05, 0) is 5.54 Å². The van der Waals surface area contributed by atoms with Crippen LogP contribution in [0.1, 0.15) is 200 Å². The van der Waals surface area contributed by atoms with Crippen molar-refractivity contribution in [1.82, 2.24) is 0 Å². The molecule has 0 aliphatic carbocycles. The number of rotatable bonds is 31. The molecule has 0 aromatic carbocycles. The van der Waals surface area contributed by atoms with Gasteiger partial charge in [0.1, 0.15) is 0 Å². The van der Waals surface area contributed by atoms with Crippen LogP contribution in [0.15, 0.2) is 12.3 Å². The van der Waals surface area contributed by atoms with E-state index in [1.165, 1.54) is 186 Å². The Balaban J connectivity index is 3.64. The smallest absolute Gasteiger partial charge is 0.0740 e. The summed E-state index contributed by atoms with van der Waals surface area (Å²) in [6, 6.07) is 0. The van der Waals surface area contributed by atoms with Crippen molar-refractivity contribution >= 4 is 8.07 Å². The fourth-order valence-electron chi connectivity index (χ4n) is 6.05. The van der Waals surface area contributed by atoms with Crippen molar-refractivity contribution in [2.75, 3.05) is 0 Å². The number of hydrogen-bond donors (Lipinski definition) is 0. The molecule has 0 N–H and O–H groups in total. The third-order valence-electron chi connectivity index (χ3n) is 9.14. The van der Waals surface area contributed by atoms with Gasteiger partial charge in [-0.3, -0.25) is 0 Å². The van der Waals surface area contributed by atoms with E-state index in [4.69, 9.17) is 0 Å². The standard InChI is InChI=1S/C36H74Si/c1-6-9-11-13-15-17-19-20-21-22-23-25-27-29-31-33-35-36(37(4,5)8-3)34-32-30-28-26-24-18-16-14-12-10-7-2/h8,36H,3,6-7,9-35H2,1-2,4-5H3. The highest BCUT2D eigenvalue weighted by molar-refractivity contribution is 6.83. The van der Waals surface area contributed by atoms with Crippen molar-refractivity contribution in [2.24, 2.45) is 0 Å². The third kappa shape index (κ3) is 26.0. The van der Waals surface area contributed by atoms with Crippen molar-refractivity contribution in [3.8, 4) is 0 Å². The van der Waals surface area contributed by atoms with E-state index in [-0.39, 0.29) is 0 Å². The molecule has 0 nitrogen and oxygen atoms in total. The minimum atomic E-state index is -1.25. The second kappa shape index (κ2) is 29.0. The first-order chi connectivity index (χ1) is 18.1. The highest BCUT2D eigenvalue weighted by atomic mass is 28.3. The zero-order valence-electron chi connectivity index (χ0n) is 26.9. The van der Waals surface area contributed by atoms with E-state index in [1.54, 1.807) is 0 Å². The first kappa shape index (κ1) is 37.0. The van der Waals surface area contributed by atoms with E-state index in [0.29, 0.717) is 0 Å². The molecule has 1 unspecified atom stereocenters. The van der Waals surface area contributed by atoms with E-state index < -0.39 is 8.07 Å². The minimum absolute atomic E-state index is 0.968. The highest BCUT2D eigenvalue weighted by Gasteiger charge is 2.27. The van der Waals surface area contributed by atoms with Crippen LogP contribution in [0.3, 0.4) is 0 Å². The summed E-state index contributed by atoms with van der Waals surface area (Å²) in [7, 11) is -1.25. The maximum absolute atomic E-state index is 4.24. The topological polar surface area (TPSA) is 0 Å². The largest absolute Gasteiger partial charge is 0.107 e. The summed E-state index contributed by atoms with van der Waals surface area (Å²) in [6.07, 6.45) is 42.4. The van der Waals surface area contributed by atoms with Crippen LogP contribution < -0.4 is 0 Å². The van der Waals surface area contributed by atoms with Gasteiger partial charge in [-0.15, -0.1) is 12.3 Å². The molecule has 0 amide bonds. The van der Waals surface area contributed by atoms with Gasteiger partial charge in [0, 0.05) is 0 Å². The minimum Gasteiger partial charge on any atom is -0.107 e. The lowest BCUT2D eigenvalue weighted by Gasteiger charge is -2.30. The van der Waals surface area contributed by atoms with Gasteiger partial charge in [0.15, 0.2) is 0 Å². The van der Waals surface area contributed by atoms with Gasteiger partial charge in [0.05, 0.1) is 8.07 Å². The predicted octanol–water partition coefficient (Wildman–Crippen LogP) is 14.1. The van der Waals surface area contributed by atoms with Gasteiger partial charge in [-0.25, -0.2) is 0 Å². The lowest BCUT2D eigenvalue weighted by atomic mass is 10.0. The van der Waals surface area contributed by atoms with Crippen LogP contribution in [0, 0.1) is 0 Å². The van der Waals surface area contributed by atoms with Crippen LogP contribution in [0.25, 0.3) is 0 Å². The summed E-state index contributed by atoms with van der Waals surface area (Å²) in [5, 5.41) is 0. The van der Waals surface area contributed by atoms with Gasteiger partial charge in [-0.1, -0.05) is 213 Å². The molecular formula is C36H74Si. The van der Waals surface area contributed by atoms with E-state index in [9.17, 15) is 0 Å².